The highest BCUT2D eigenvalue weighted by molar-refractivity contribution is 7.93. The first kappa shape index (κ1) is 17.3. The second-order valence-electron chi connectivity index (χ2n) is 4.29. The lowest BCUT2D eigenvalue weighted by molar-refractivity contribution is -0.387. The number of nitro groups is 1. The zero-order valence-electron chi connectivity index (χ0n) is 11.1. The van der Waals surface area contributed by atoms with Gasteiger partial charge in [-0.2, -0.15) is 8.42 Å². The molecule has 122 valence electrons. The molecule has 0 fully saturated rings. The average molecular weight is 378 g/mol. The van der Waals surface area contributed by atoms with Crippen molar-refractivity contribution in [2.45, 2.75) is 14.7 Å². The number of para-hydroxylation sites is 1. The van der Waals surface area contributed by atoms with Crippen LogP contribution in [0.15, 0.2) is 57.2 Å². The number of halogens is 1. The summed E-state index contributed by atoms with van der Waals surface area (Å²) in [6.07, 6.45) is 0. The van der Waals surface area contributed by atoms with Crippen LogP contribution in [0.25, 0.3) is 0 Å². The third-order valence-electron chi connectivity index (χ3n) is 2.82. The average Bonchev–Trinajstić information content (AvgIpc) is 2.46. The van der Waals surface area contributed by atoms with E-state index in [2.05, 4.69) is 0 Å². The van der Waals surface area contributed by atoms with Crippen LogP contribution in [0, 0.1) is 10.1 Å². The smallest absolute Gasteiger partial charge is 0.282 e. The molecule has 0 unspecified atom stereocenters. The molecule has 0 saturated carbocycles. The lowest BCUT2D eigenvalue weighted by Gasteiger charge is -2.09. The Balaban J connectivity index is 2.85. The summed E-state index contributed by atoms with van der Waals surface area (Å²) >= 11 is 5.62. The molecule has 0 aromatic heterocycles. The maximum Gasteiger partial charge on any atom is 0.295 e. The molecule has 2 aromatic rings. The molecular formula is C12H8ClNO7S2. The van der Waals surface area contributed by atoms with Gasteiger partial charge in [-0.15, -0.1) is 0 Å². The Kier molecular flexibility index (Phi) is 4.44. The van der Waals surface area contributed by atoms with Crippen LogP contribution < -0.4 is 0 Å². The molecule has 0 bridgehead atoms. The topological polar surface area (TPSA) is 132 Å². The summed E-state index contributed by atoms with van der Waals surface area (Å²) in [5.74, 6) is 0. The molecule has 2 aromatic carbocycles. The summed E-state index contributed by atoms with van der Waals surface area (Å²) < 4.78 is 57.2. The van der Waals surface area contributed by atoms with Crippen molar-refractivity contribution in [3.63, 3.8) is 0 Å². The third kappa shape index (κ3) is 3.34. The van der Waals surface area contributed by atoms with Crippen molar-refractivity contribution >= 4 is 37.2 Å². The van der Waals surface area contributed by atoms with Crippen molar-refractivity contribution in [2.75, 3.05) is 0 Å². The van der Waals surface area contributed by atoms with Crippen molar-refractivity contribution in [2.24, 2.45) is 0 Å². The lowest BCUT2D eigenvalue weighted by atomic mass is 10.3. The molecule has 0 radical (unpaired) electrons. The molecule has 8 nitrogen and oxygen atoms in total. The molecule has 0 atom stereocenters. The summed E-state index contributed by atoms with van der Waals surface area (Å²) in [4.78, 5) is 7.62. The van der Waals surface area contributed by atoms with Gasteiger partial charge in [-0.3, -0.25) is 14.7 Å². The fourth-order valence-corrected chi connectivity index (χ4v) is 4.82. The molecule has 2 rings (SSSR count). The summed E-state index contributed by atoms with van der Waals surface area (Å²) in [5.41, 5.74) is -0.719. The van der Waals surface area contributed by atoms with Crippen LogP contribution >= 0.6 is 11.6 Å². The van der Waals surface area contributed by atoms with E-state index < -0.39 is 45.3 Å². The molecule has 23 heavy (non-hydrogen) atoms. The summed E-state index contributed by atoms with van der Waals surface area (Å²) in [6.45, 7) is 0. The van der Waals surface area contributed by atoms with E-state index in [1.807, 2.05) is 0 Å². The number of nitrogens with zero attached hydrogens (tertiary/aromatic N) is 1. The highest BCUT2D eigenvalue weighted by Crippen LogP contribution is 2.33. The standard InChI is InChI=1S/C12H8ClNO7S2/c13-8-5-6-11(12(7-8)23(19,20)21)22(17,18)10-4-2-1-3-9(10)14(15)16/h1-7H,(H,19,20,21). The van der Waals surface area contributed by atoms with Gasteiger partial charge in [0.2, 0.25) is 9.84 Å². The Morgan fingerprint density at radius 2 is 1.57 bits per heavy atom. The molecule has 0 spiro atoms. The maximum absolute atomic E-state index is 12.6. The van der Waals surface area contributed by atoms with Crippen LogP contribution in [0.4, 0.5) is 5.69 Å². The number of hydrogen-bond acceptors (Lipinski definition) is 6. The number of benzene rings is 2. The zero-order valence-corrected chi connectivity index (χ0v) is 13.5. The highest BCUT2D eigenvalue weighted by atomic mass is 35.5. The van der Waals surface area contributed by atoms with Gasteiger partial charge < -0.3 is 0 Å². The second-order valence-corrected chi connectivity index (χ2v) is 8.01. The minimum Gasteiger partial charge on any atom is -0.282 e. The Morgan fingerprint density at radius 1 is 0.957 bits per heavy atom. The fourth-order valence-electron chi connectivity index (χ4n) is 1.86. The first-order valence-corrected chi connectivity index (χ1v) is 9.11. The Hall–Kier alpha value is -2.01. The van der Waals surface area contributed by atoms with Crippen molar-refractivity contribution in [1.82, 2.24) is 0 Å². The zero-order chi connectivity index (χ0) is 17.4. The molecule has 0 amide bonds. The highest BCUT2D eigenvalue weighted by Gasteiger charge is 2.32. The molecule has 1 N–H and O–H groups in total. The van der Waals surface area contributed by atoms with Gasteiger partial charge in [-0.1, -0.05) is 23.7 Å². The number of hydrogen-bond donors (Lipinski definition) is 1. The van der Waals surface area contributed by atoms with E-state index in [-0.39, 0.29) is 5.02 Å². The minimum atomic E-state index is -4.91. The molecule has 11 heteroatoms. The van der Waals surface area contributed by atoms with Gasteiger partial charge in [0.25, 0.3) is 15.8 Å². The monoisotopic (exact) mass is 377 g/mol. The number of sulfone groups is 1. The van der Waals surface area contributed by atoms with Gasteiger partial charge in [-0.25, -0.2) is 8.42 Å². The molecule has 0 aliphatic heterocycles. The van der Waals surface area contributed by atoms with Gasteiger partial charge in [0.1, 0.15) is 9.79 Å². The van der Waals surface area contributed by atoms with Crippen molar-refractivity contribution in [3.05, 3.63) is 57.6 Å². The van der Waals surface area contributed by atoms with E-state index >= 15 is 0 Å². The van der Waals surface area contributed by atoms with Crippen molar-refractivity contribution in [3.8, 4) is 0 Å². The maximum atomic E-state index is 12.6. The van der Waals surface area contributed by atoms with Crippen LogP contribution in [0.2, 0.25) is 5.02 Å². The largest absolute Gasteiger partial charge is 0.295 e. The summed E-state index contributed by atoms with van der Waals surface area (Å²) in [6, 6.07) is 7.16. The molecule has 0 aliphatic carbocycles. The van der Waals surface area contributed by atoms with Crippen LogP contribution in [-0.2, 0) is 20.0 Å². The Labute approximate surface area is 136 Å². The quantitative estimate of drug-likeness (QED) is 0.491. The lowest BCUT2D eigenvalue weighted by Crippen LogP contribution is -2.11. The first-order valence-electron chi connectivity index (χ1n) is 5.80. The molecular weight excluding hydrogens is 370 g/mol. The van der Waals surface area contributed by atoms with E-state index in [9.17, 15) is 31.5 Å². The third-order valence-corrected chi connectivity index (χ3v) is 5.94. The Morgan fingerprint density at radius 3 is 2.13 bits per heavy atom. The SMILES string of the molecule is O=[N+]([O-])c1ccccc1S(=O)(=O)c1ccc(Cl)cc1S(=O)(=O)O. The van der Waals surface area contributed by atoms with E-state index in [0.29, 0.717) is 0 Å². The van der Waals surface area contributed by atoms with Gasteiger partial charge in [0, 0.05) is 11.1 Å². The van der Waals surface area contributed by atoms with E-state index in [1.165, 1.54) is 12.1 Å². The van der Waals surface area contributed by atoms with Gasteiger partial charge in [-0.05, 0) is 24.3 Å². The number of nitro benzene ring substituents is 1. The minimum absolute atomic E-state index is 0.126. The van der Waals surface area contributed by atoms with Crippen LogP contribution in [0.1, 0.15) is 0 Å². The first-order chi connectivity index (χ1) is 10.5. The number of rotatable bonds is 4. The van der Waals surface area contributed by atoms with Crippen LogP contribution in [0.5, 0.6) is 0 Å². The van der Waals surface area contributed by atoms with Gasteiger partial charge >= 0.3 is 0 Å². The Bertz CT molecular complexity index is 1000. The van der Waals surface area contributed by atoms with Crippen molar-refractivity contribution in [1.29, 1.82) is 0 Å². The predicted octanol–water partition coefficient (Wildman–Crippen LogP) is 2.33. The van der Waals surface area contributed by atoms with Crippen LogP contribution in [-0.4, -0.2) is 26.3 Å². The summed E-state index contributed by atoms with van der Waals surface area (Å²) in [7, 11) is -9.50. The summed E-state index contributed by atoms with van der Waals surface area (Å²) in [5, 5.41) is 10.9. The normalized spacial score (nSPS) is 12.1. The van der Waals surface area contributed by atoms with Gasteiger partial charge in [0.05, 0.1) is 9.82 Å². The van der Waals surface area contributed by atoms with E-state index in [1.54, 1.807) is 0 Å². The van der Waals surface area contributed by atoms with E-state index in [0.717, 1.165) is 30.3 Å². The van der Waals surface area contributed by atoms with Crippen LogP contribution in [0.3, 0.4) is 0 Å². The van der Waals surface area contributed by atoms with E-state index in [4.69, 9.17) is 11.6 Å². The second kappa shape index (κ2) is 5.89. The predicted molar refractivity (Wildman–Crippen MR) is 79.8 cm³/mol. The molecule has 0 heterocycles. The molecule has 0 saturated heterocycles. The van der Waals surface area contributed by atoms with Gasteiger partial charge in [0.15, 0.2) is 0 Å². The fraction of sp³-hybridized carbons (Fsp3) is 0. The molecule has 0 aliphatic rings. The van der Waals surface area contributed by atoms with Crippen molar-refractivity contribution < 1.29 is 26.3 Å².